The molecule has 1 N–H and O–H groups in total. The van der Waals surface area contributed by atoms with Crippen LogP contribution in [0.4, 0.5) is 5.69 Å². The molecule has 8 nitrogen and oxygen atoms in total. The quantitative estimate of drug-likeness (QED) is 0.574. The molecule has 4 aromatic rings. The van der Waals surface area contributed by atoms with Crippen LogP contribution in [-0.2, 0) is 6.42 Å². The average molecular weight is 374 g/mol. The van der Waals surface area contributed by atoms with Crippen molar-refractivity contribution in [2.24, 2.45) is 0 Å². The molecule has 0 saturated heterocycles. The van der Waals surface area contributed by atoms with E-state index in [0.29, 0.717) is 35.2 Å². The van der Waals surface area contributed by atoms with Crippen LogP contribution in [0.2, 0.25) is 0 Å². The second kappa shape index (κ2) is 7.43. The summed E-state index contributed by atoms with van der Waals surface area (Å²) in [6.07, 6.45) is 5.48. The Morgan fingerprint density at radius 3 is 2.75 bits per heavy atom. The third-order valence-electron chi connectivity index (χ3n) is 4.17. The van der Waals surface area contributed by atoms with Crippen molar-refractivity contribution in [3.63, 3.8) is 0 Å². The number of aryl methyl sites for hydroxylation is 2. The highest BCUT2D eigenvalue weighted by molar-refractivity contribution is 6.02. The molecule has 1 aromatic carbocycles. The fraction of sp³-hybridized carbons (Fsp3) is 0.150. The van der Waals surface area contributed by atoms with Gasteiger partial charge >= 0.3 is 0 Å². The molecular weight excluding hydrogens is 356 g/mol. The Bertz CT molecular complexity index is 1110. The Morgan fingerprint density at radius 1 is 1.18 bits per heavy atom. The molecule has 0 aliphatic carbocycles. The zero-order valence-electron chi connectivity index (χ0n) is 15.5. The number of nitrogens with zero attached hydrogens (tertiary/aromatic N) is 5. The molecule has 3 aromatic heterocycles. The Morgan fingerprint density at radius 2 is 2.00 bits per heavy atom. The van der Waals surface area contributed by atoms with Crippen LogP contribution in [0.1, 0.15) is 28.8 Å². The summed E-state index contributed by atoms with van der Waals surface area (Å²) in [5.41, 5.74) is 2.77. The number of hydrogen-bond donors (Lipinski definition) is 1. The fourth-order valence-corrected chi connectivity index (χ4v) is 2.66. The molecule has 0 atom stereocenters. The number of anilines is 1. The van der Waals surface area contributed by atoms with Crippen LogP contribution in [0.5, 0.6) is 0 Å². The molecule has 0 aliphatic rings. The number of nitrogens with one attached hydrogen (secondary N) is 1. The fourth-order valence-electron chi connectivity index (χ4n) is 2.66. The first-order valence-corrected chi connectivity index (χ1v) is 8.84. The third-order valence-corrected chi connectivity index (χ3v) is 4.17. The van der Waals surface area contributed by atoms with Gasteiger partial charge in [0.05, 0.1) is 5.56 Å². The topological polar surface area (TPSA) is 98.7 Å². The molecule has 140 valence electrons. The average Bonchev–Trinajstić information content (AvgIpc) is 3.39. The van der Waals surface area contributed by atoms with Gasteiger partial charge in [-0.05, 0) is 31.2 Å². The number of pyridine rings is 1. The highest BCUT2D eigenvalue weighted by atomic mass is 16.5. The molecule has 28 heavy (non-hydrogen) atoms. The Balaban J connectivity index is 1.61. The predicted molar refractivity (Wildman–Crippen MR) is 103 cm³/mol. The second-order valence-electron chi connectivity index (χ2n) is 6.23. The van der Waals surface area contributed by atoms with E-state index in [1.54, 1.807) is 23.0 Å². The summed E-state index contributed by atoms with van der Waals surface area (Å²) in [5, 5.41) is 6.76. The first-order valence-electron chi connectivity index (χ1n) is 8.84. The Kier molecular flexibility index (Phi) is 4.67. The first kappa shape index (κ1) is 17.6. The number of carbonyl (C=O) groups excluding carboxylic acids is 1. The normalized spacial score (nSPS) is 10.8. The molecule has 8 heteroatoms. The molecule has 0 spiro atoms. The van der Waals surface area contributed by atoms with Gasteiger partial charge in [0.25, 0.3) is 11.8 Å². The van der Waals surface area contributed by atoms with E-state index in [2.05, 4.69) is 25.4 Å². The van der Waals surface area contributed by atoms with Crippen molar-refractivity contribution >= 4 is 11.6 Å². The van der Waals surface area contributed by atoms with E-state index in [0.717, 1.165) is 5.56 Å². The highest BCUT2D eigenvalue weighted by Crippen LogP contribution is 2.23. The maximum Gasteiger partial charge on any atom is 0.275 e. The SMILES string of the molecule is CCc1noc(-c2cccnc2-n2cnc(C(=O)Nc3ccc(C)cc3)c2)n1. The molecule has 0 saturated carbocycles. The van der Waals surface area contributed by atoms with E-state index < -0.39 is 0 Å². The Hall–Kier alpha value is -3.81. The lowest BCUT2D eigenvalue weighted by atomic mass is 10.2. The monoisotopic (exact) mass is 374 g/mol. The van der Waals surface area contributed by atoms with Gasteiger partial charge in [-0.2, -0.15) is 4.98 Å². The lowest BCUT2D eigenvalue weighted by Gasteiger charge is -2.05. The number of benzene rings is 1. The van der Waals surface area contributed by atoms with Crippen molar-refractivity contribution in [3.05, 3.63) is 72.2 Å². The minimum Gasteiger partial charge on any atom is -0.334 e. The summed E-state index contributed by atoms with van der Waals surface area (Å²) >= 11 is 0. The maximum absolute atomic E-state index is 12.5. The third kappa shape index (κ3) is 3.52. The number of carbonyl (C=O) groups is 1. The van der Waals surface area contributed by atoms with Crippen LogP contribution in [0, 0.1) is 6.92 Å². The smallest absolute Gasteiger partial charge is 0.275 e. The summed E-state index contributed by atoms with van der Waals surface area (Å²) in [7, 11) is 0. The first-order chi connectivity index (χ1) is 13.6. The molecule has 0 bridgehead atoms. The standard InChI is InChI=1S/C20H18N6O2/c1-3-17-24-20(28-25-17)15-5-4-10-21-18(15)26-11-16(22-12-26)19(27)23-14-8-6-13(2)7-9-14/h4-12H,3H2,1-2H3,(H,23,27). The van der Waals surface area contributed by atoms with Crippen molar-refractivity contribution in [2.45, 2.75) is 20.3 Å². The molecule has 1 amide bonds. The van der Waals surface area contributed by atoms with Gasteiger partial charge < -0.3 is 9.84 Å². The summed E-state index contributed by atoms with van der Waals surface area (Å²) in [4.78, 5) is 25.4. The van der Waals surface area contributed by atoms with E-state index in [1.165, 1.54) is 6.33 Å². The molecule has 0 unspecified atom stereocenters. The van der Waals surface area contributed by atoms with Gasteiger partial charge in [0.15, 0.2) is 11.6 Å². The summed E-state index contributed by atoms with van der Waals surface area (Å²) in [6.45, 7) is 3.94. The van der Waals surface area contributed by atoms with Crippen LogP contribution in [0.15, 0.2) is 59.6 Å². The van der Waals surface area contributed by atoms with Crippen LogP contribution in [0.25, 0.3) is 17.3 Å². The minimum absolute atomic E-state index is 0.275. The largest absolute Gasteiger partial charge is 0.334 e. The van der Waals surface area contributed by atoms with E-state index in [9.17, 15) is 4.79 Å². The molecule has 0 fully saturated rings. The van der Waals surface area contributed by atoms with Crippen molar-refractivity contribution in [1.29, 1.82) is 0 Å². The zero-order chi connectivity index (χ0) is 19.5. The molecule has 0 radical (unpaired) electrons. The Labute approximate surface area is 161 Å². The van der Waals surface area contributed by atoms with Gasteiger partial charge in [0.2, 0.25) is 0 Å². The molecule has 3 heterocycles. The van der Waals surface area contributed by atoms with Gasteiger partial charge in [-0.3, -0.25) is 9.36 Å². The summed E-state index contributed by atoms with van der Waals surface area (Å²) in [6, 6.07) is 11.2. The van der Waals surface area contributed by atoms with E-state index in [4.69, 9.17) is 4.52 Å². The number of hydrogen-bond acceptors (Lipinski definition) is 6. The number of aromatic nitrogens is 5. The maximum atomic E-state index is 12.5. The van der Waals surface area contributed by atoms with Crippen molar-refractivity contribution < 1.29 is 9.32 Å². The second-order valence-corrected chi connectivity index (χ2v) is 6.23. The number of amides is 1. The number of imidazole rings is 1. The summed E-state index contributed by atoms with van der Waals surface area (Å²) < 4.78 is 6.99. The van der Waals surface area contributed by atoms with Gasteiger partial charge in [-0.25, -0.2) is 9.97 Å². The van der Waals surface area contributed by atoms with Gasteiger partial charge in [-0.1, -0.05) is 29.8 Å². The van der Waals surface area contributed by atoms with Crippen molar-refractivity contribution in [2.75, 3.05) is 5.32 Å². The van der Waals surface area contributed by atoms with E-state index in [-0.39, 0.29) is 11.6 Å². The predicted octanol–water partition coefficient (Wildman–Crippen LogP) is 3.44. The van der Waals surface area contributed by atoms with Crippen molar-refractivity contribution in [3.8, 4) is 17.3 Å². The lowest BCUT2D eigenvalue weighted by molar-refractivity contribution is 0.102. The van der Waals surface area contributed by atoms with Gasteiger partial charge in [-0.15, -0.1) is 0 Å². The van der Waals surface area contributed by atoms with Gasteiger partial charge in [0.1, 0.15) is 12.0 Å². The molecular formula is C20H18N6O2. The molecule has 0 aliphatic heterocycles. The van der Waals surface area contributed by atoms with Crippen LogP contribution in [0.3, 0.4) is 0 Å². The van der Waals surface area contributed by atoms with Crippen LogP contribution < -0.4 is 5.32 Å². The van der Waals surface area contributed by atoms with Crippen LogP contribution >= 0.6 is 0 Å². The van der Waals surface area contributed by atoms with Gasteiger partial charge in [0, 0.05) is 24.5 Å². The summed E-state index contributed by atoms with van der Waals surface area (Å²) in [5.74, 6) is 1.25. The molecule has 4 rings (SSSR count). The van der Waals surface area contributed by atoms with Crippen molar-refractivity contribution in [1.82, 2.24) is 24.7 Å². The highest BCUT2D eigenvalue weighted by Gasteiger charge is 2.17. The zero-order valence-corrected chi connectivity index (χ0v) is 15.5. The minimum atomic E-state index is -0.300. The number of rotatable bonds is 5. The van der Waals surface area contributed by atoms with Crippen LogP contribution in [-0.4, -0.2) is 30.6 Å². The lowest BCUT2D eigenvalue weighted by Crippen LogP contribution is -2.12. The van der Waals surface area contributed by atoms with E-state index in [1.807, 2.05) is 44.2 Å². The van der Waals surface area contributed by atoms with E-state index >= 15 is 0 Å².